The first-order valence-electron chi connectivity index (χ1n) is 5.09. The number of alkyl halides is 1. The summed E-state index contributed by atoms with van der Waals surface area (Å²) in [5.41, 5.74) is 1.14. The first-order chi connectivity index (χ1) is 7.83. The van der Waals surface area contributed by atoms with Crippen LogP contribution >= 0.6 is 15.9 Å². The molecule has 0 saturated heterocycles. The van der Waals surface area contributed by atoms with Crippen LogP contribution in [0, 0.1) is 0 Å². The van der Waals surface area contributed by atoms with Crippen molar-refractivity contribution in [3.05, 3.63) is 18.2 Å². The van der Waals surface area contributed by atoms with Crippen molar-refractivity contribution in [2.75, 3.05) is 20.1 Å². The topological polar surface area (TPSA) is 65.4 Å². The van der Waals surface area contributed by atoms with Crippen LogP contribution in [0.25, 0.3) is 0 Å². The van der Waals surface area contributed by atoms with Gasteiger partial charge in [0.15, 0.2) is 0 Å². The number of H-pyrrole nitrogens is 1. The van der Waals surface area contributed by atoms with Crippen LogP contribution in [0.4, 0.5) is 0 Å². The molecule has 2 N–H and O–H groups in total. The van der Waals surface area contributed by atoms with Gasteiger partial charge >= 0.3 is 0 Å². The van der Waals surface area contributed by atoms with Crippen molar-refractivity contribution in [3.63, 3.8) is 0 Å². The van der Waals surface area contributed by atoms with Crippen molar-refractivity contribution in [1.82, 2.24) is 15.3 Å². The van der Waals surface area contributed by atoms with E-state index in [9.17, 15) is 0 Å². The lowest BCUT2D eigenvalue weighted by molar-refractivity contribution is 0.701. The van der Waals surface area contributed by atoms with Crippen LogP contribution in [0.3, 0.4) is 0 Å². The summed E-state index contributed by atoms with van der Waals surface area (Å²) in [5.74, 6) is 0. The van der Waals surface area contributed by atoms with Gasteiger partial charge in [0.05, 0.1) is 11.2 Å². The summed E-state index contributed by atoms with van der Waals surface area (Å²) in [6.45, 7) is 1.76. The summed E-state index contributed by atoms with van der Waals surface area (Å²) in [6, 6.07) is 0. The summed E-state index contributed by atoms with van der Waals surface area (Å²) in [4.78, 5) is 15.0. The number of aromatic amines is 1. The molecule has 1 aromatic rings. The summed E-state index contributed by atoms with van der Waals surface area (Å²) < 4.78 is 0. The van der Waals surface area contributed by atoms with Crippen LogP contribution in [0.15, 0.2) is 22.5 Å². The number of aromatic nitrogens is 2. The number of imidazole rings is 1. The number of hydrogen-bond acceptors (Lipinski definition) is 3. The van der Waals surface area contributed by atoms with Gasteiger partial charge in [0.1, 0.15) is 6.34 Å². The summed E-state index contributed by atoms with van der Waals surface area (Å²) >= 11 is 3.49. The number of rotatable bonds is 7. The smallest absolute Gasteiger partial charge is 0.109 e. The van der Waals surface area contributed by atoms with E-state index in [-0.39, 0.29) is 4.83 Å². The quantitative estimate of drug-likeness (QED) is 0.340. The lowest BCUT2D eigenvalue weighted by Gasteiger charge is -2.05. The Morgan fingerprint density at radius 1 is 1.69 bits per heavy atom. The van der Waals surface area contributed by atoms with Gasteiger partial charge in [0, 0.05) is 44.7 Å². The second kappa shape index (κ2) is 8.18. The molecule has 0 aliphatic carbocycles. The number of aliphatic imine (C=N–C) groups is 2. The maximum absolute atomic E-state index is 4.00. The second-order valence-electron chi connectivity index (χ2n) is 3.22. The third-order valence-corrected chi connectivity index (χ3v) is 2.46. The van der Waals surface area contributed by atoms with E-state index in [0.717, 1.165) is 25.2 Å². The Kier molecular flexibility index (Phi) is 6.67. The highest BCUT2D eigenvalue weighted by molar-refractivity contribution is 9.10. The molecular weight excluding hydrogens is 270 g/mol. The number of hydrogen-bond donors (Lipinski definition) is 2. The molecule has 5 nitrogen and oxygen atoms in total. The molecular formula is C10H16BrN5. The molecule has 16 heavy (non-hydrogen) atoms. The highest BCUT2D eigenvalue weighted by Crippen LogP contribution is 1.94. The zero-order valence-corrected chi connectivity index (χ0v) is 10.8. The molecule has 0 spiro atoms. The minimum atomic E-state index is 0.229. The molecule has 1 unspecified atom stereocenters. The van der Waals surface area contributed by atoms with E-state index in [2.05, 4.69) is 41.2 Å². The molecule has 0 bridgehead atoms. The molecule has 1 rings (SSSR count). The van der Waals surface area contributed by atoms with Crippen LogP contribution in [-0.2, 0) is 6.42 Å². The maximum atomic E-state index is 4.00. The molecule has 0 aromatic carbocycles. The van der Waals surface area contributed by atoms with E-state index in [4.69, 9.17) is 0 Å². The van der Waals surface area contributed by atoms with E-state index in [1.807, 2.05) is 12.4 Å². The molecule has 88 valence electrons. The van der Waals surface area contributed by atoms with Gasteiger partial charge in [-0.25, -0.2) is 9.98 Å². The van der Waals surface area contributed by atoms with Crippen molar-refractivity contribution in [2.45, 2.75) is 11.2 Å². The van der Waals surface area contributed by atoms with Gasteiger partial charge in [-0.1, -0.05) is 15.9 Å². The lowest BCUT2D eigenvalue weighted by Crippen LogP contribution is -2.26. The number of nitrogens with one attached hydrogen (secondary N) is 2. The van der Waals surface area contributed by atoms with Crippen molar-refractivity contribution in [1.29, 1.82) is 0 Å². The highest BCUT2D eigenvalue weighted by Gasteiger charge is 1.99. The Bertz CT molecular complexity index is 320. The fourth-order valence-corrected chi connectivity index (χ4v) is 1.50. The molecule has 0 fully saturated rings. The van der Waals surface area contributed by atoms with Gasteiger partial charge in [0.25, 0.3) is 0 Å². The zero-order chi connectivity index (χ0) is 11.6. The van der Waals surface area contributed by atoms with Crippen molar-refractivity contribution in [3.8, 4) is 0 Å². The predicted octanol–water partition coefficient (Wildman–Crippen LogP) is 1.03. The van der Waals surface area contributed by atoms with E-state index in [1.54, 1.807) is 13.4 Å². The predicted molar refractivity (Wildman–Crippen MR) is 70.8 cm³/mol. The zero-order valence-electron chi connectivity index (χ0n) is 9.23. The van der Waals surface area contributed by atoms with Crippen LogP contribution in [-0.4, -0.2) is 47.5 Å². The van der Waals surface area contributed by atoms with Crippen LogP contribution in [0.2, 0.25) is 0 Å². The first kappa shape index (κ1) is 13.1. The monoisotopic (exact) mass is 285 g/mol. The van der Waals surface area contributed by atoms with Crippen molar-refractivity contribution in [2.24, 2.45) is 9.98 Å². The summed E-state index contributed by atoms with van der Waals surface area (Å²) in [7, 11) is 1.70. The molecule has 0 amide bonds. The Morgan fingerprint density at radius 2 is 2.56 bits per heavy atom. The molecule has 0 radical (unpaired) electrons. The van der Waals surface area contributed by atoms with Gasteiger partial charge in [0.2, 0.25) is 0 Å². The Balaban J connectivity index is 2.06. The van der Waals surface area contributed by atoms with Crippen molar-refractivity contribution >= 4 is 28.5 Å². The fraction of sp³-hybridized carbons (Fsp3) is 0.500. The lowest BCUT2D eigenvalue weighted by atomic mass is 10.3. The van der Waals surface area contributed by atoms with E-state index >= 15 is 0 Å². The number of halogens is 1. The van der Waals surface area contributed by atoms with Gasteiger partial charge in [-0.15, -0.1) is 0 Å². The minimum absolute atomic E-state index is 0.229. The second-order valence-corrected chi connectivity index (χ2v) is 4.39. The largest absolute Gasteiger partial charge is 0.348 e. The number of nitrogens with zero attached hydrogens (tertiary/aromatic N) is 3. The average Bonchev–Trinajstić information content (AvgIpc) is 2.78. The van der Waals surface area contributed by atoms with E-state index in [0.29, 0.717) is 0 Å². The fourth-order valence-electron chi connectivity index (χ4n) is 1.14. The first-order valence-corrected chi connectivity index (χ1v) is 6.00. The summed E-state index contributed by atoms with van der Waals surface area (Å²) in [6.07, 6.45) is 7.83. The SMILES string of the molecule is CN=CN=CC(Br)CNCCc1cnc[nH]1. The molecule has 6 heteroatoms. The normalized spacial score (nSPS) is 13.9. The Hall–Kier alpha value is -1.01. The van der Waals surface area contributed by atoms with Gasteiger partial charge in [-0.3, -0.25) is 4.99 Å². The van der Waals surface area contributed by atoms with Gasteiger partial charge in [-0.2, -0.15) is 0 Å². The third-order valence-electron chi connectivity index (χ3n) is 1.90. The molecule has 1 aromatic heterocycles. The summed E-state index contributed by atoms with van der Waals surface area (Å²) in [5, 5.41) is 3.32. The Labute approximate surface area is 104 Å². The molecule has 0 saturated carbocycles. The average molecular weight is 286 g/mol. The minimum Gasteiger partial charge on any atom is -0.348 e. The molecule has 1 heterocycles. The van der Waals surface area contributed by atoms with Gasteiger partial charge in [-0.05, 0) is 0 Å². The Morgan fingerprint density at radius 3 is 3.25 bits per heavy atom. The maximum Gasteiger partial charge on any atom is 0.109 e. The van der Waals surface area contributed by atoms with Crippen LogP contribution in [0.1, 0.15) is 5.69 Å². The molecule has 1 atom stereocenters. The highest BCUT2D eigenvalue weighted by atomic mass is 79.9. The van der Waals surface area contributed by atoms with Crippen LogP contribution in [0.5, 0.6) is 0 Å². The van der Waals surface area contributed by atoms with Crippen molar-refractivity contribution < 1.29 is 0 Å². The molecule has 0 aliphatic rings. The van der Waals surface area contributed by atoms with Gasteiger partial charge < -0.3 is 10.3 Å². The van der Waals surface area contributed by atoms with Crippen LogP contribution < -0.4 is 5.32 Å². The van der Waals surface area contributed by atoms with E-state index in [1.165, 1.54) is 6.34 Å². The third kappa shape index (κ3) is 5.77. The standard InChI is InChI=1S/C10H16BrN5/c1-12-7-14-5-9(11)4-13-3-2-10-6-15-8-16-10/h5-9,13H,2-4H2,1H3,(H,15,16). The molecule has 0 aliphatic heterocycles. The van der Waals surface area contributed by atoms with E-state index < -0.39 is 0 Å².